The van der Waals surface area contributed by atoms with Crippen molar-refractivity contribution in [2.24, 2.45) is 0 Å². The summed E-state index contributed by atoms with van der Waals surface area (Å²) in [6.45, 7) is 19.1. The molecular weight excluding hydrogens is 236 g/mol. The van der Waals surface area contributed by atoms with Gasteiger partial charge in [0.25, 0.3) is 0 Å². The first kappa shape index (κ1) is 20.7. The van der Waals surface area contributed by atoms with Crippen LogP contribution >= 0.6 is 0 Å². The van der Waals surface area contributed by atoms with Crippen molar-refractivity contribution < 1.29 is 4.74 Å². The van der Waals surface area contributed by atoms with Gasteiger partial charge in [-0.3, -0.25) is 4.90 Å². The lowest BCUT2D eigenvalue weighted by Crippen LogP contribution is -2.37. The van der Waals surface area contributed by atoms with E-state index in [9.17, 15) is 0 Å². The number of hydrogen-bond acceptors (Lipinski definition) is 3. The molecule has 1 aliphatic heterocycles. The summed E-state index contributed by atoms with van der Waals surface area (Å²) in [7, 11) is 0. The molecule has 1 N–H and O–H groups in total. The molecule has 1 fully saturated rings. The Hall–Kier alpha value is -0.640. The van der Waals surface area contributed by atoms with Crippen LogP contribution < -0.4 is 5.32 Å². The first-order valence-corrected chi connectivity index (χ1v) is 7.59. The Morgan fingerprint density at radius 1 is 1.26 bits per heavy atom. The molecule has 0 radical (unpaired) electrons. The SMILES string of the molecule is C=C/C=C\C.CC.CCNCCCN1CCOCC1. The number of rotatable bonds is 6. The van der Waals surface area contributed by atoms with Crippen molar-refractivity contribution in [3.05, 3.63) is 24.8 Å². The standard InChI is InChI=1S/C9H20N2O.C5H8.C2H6/c1-2-10-4-3-5-11-6-8-12-9-7-11;1-3-5-4-2;1-2/h10H,2-9H2,1H3;3-5H,1H2,2H3;1-2H3/b;5-4-;. The first-order valence-electron chi connectivity index (χ1n) is 7.59. The van der Waals surface area contributed by atoms with Crippen LogP contribution in [0, 0.1) is 0 Å². The highest BCUT2D eigenvalue weighted by molar-refractivity contribution is 4.94. The van der Waals surface area contributed by atoms with Crippen LogP contribution in [0.2, 0.25) is 0 Å². The van der Waals surface area contributed by atoms with Crippen molar-refractivity contribution in [1.82, 2.24) is 10.2 Å². The van der Waals surface area contributed by atoms with E-state index in [2.05, 4.69) is 23.7 Å². The van der Waals surface area contributed by atoms with E-state index >= 15 is 0 Å². The highest BCUT2D eigenvalue weighted by Crippen LogP contribution is 1.96. The fourth-order valence-corrected chi connectivity index (χ4v) is 1.57. The molecule has 1 aliphatic rings. The Morgan fingerprint density at radius 3 is 2.32 bits per heavy atom. The van der Waals surface area contributed by atoms with Crippen LogP contribution in [0.15, 0.2) is 24.8 Å². The van der Waals surface area contributed by atoms with Crippen molar-refractivity contribution in [3.63, 3.8) is 0 Å². The van der Waals surface area contributed by atoms with Gasteiger partial charge in [-0.25, -0.2) is 0 Å². The van der Waals surface area contributed by atoms with E-state index in [1.807, 2.05) is 32.9 Å². The van der Waals surface area contributed by atoms with Crippen LogP contribution in [-0.4, -0.2) is 50.8 Å². The molecule has 1 saturated heterocycles. The highest BCUT2D eigenvalue weighted by atomic mass is 16.5. The minimum Gasteiger partial charge on any atom is -0.379 e. The summed E-state index contributed by atoms with van der Waals surface area (Å²) in [4.78, 5) is 2.47. The quantitative estimate of drug-likeness (QED) is 0.593. The molecule has 0 aromatic rings. The Bertz CT molecular complexity index is 187. The fraction of sp³-hybridized carbons (Fsp3) is 0.750. The molecule has 0 bridgehead atoms. The average molecular weight is 270 g/mol. The minimum atomic E-state index is 0.918. The number of nitrogens with one attached hydrogen (secondary N) is 1. The Labute approximate surface area is 120 Å². The summed E-state index contributed by atoms with van der Waals surface area (Å²) in [5.74, 6) is 0. The van der Waals surface area contributed by atoms with E-state index in [1.165, 1.54) is 13.0 Å². The Kier molecular flexibility index (Phi) is 21.4. The zero-order valence-electron chi connectivity index (χ0n) is 13.5. The third-order valence-corrected chi connectivity index (χ3v) is 2.51. The van der Waals surface area contributed by atoms with Crippen LogP contribution in [0.3, 0.4) is 0 Å². The predicted octanol–water partition coefficient (Wildman–Crippen LogP) is 3.09. The summed E-state index contributed by atoms with van der Waals surface area (Å²) in [5, 5.41) is 3.33. The lowest BCUT2D eigenvalue weighted by Gasteiger charge is -2.26. The number of nitrogens with zero attached hydrogens (tertiary/aromatic N) is 1. The van der Waals surface area contributed by atoms with Crippen molar-refractivity contribution in [3.8, 4) is 0 Å². The van der Waals surface area contributed by atoms with Crippen LogP contribution in [0.1, 0.15) is 34.1 Å². The molecule has 0 aromatic carbocycles. The lowest BCUT2D eigenvalue weighted by molar-refractivity contribution is 0.0375. The molecule has 0 spiro atoms. The second kappa shape index (κ2) is 19.7. The molecule has 0 unspecified atom stereocenters. The van der Waals surface area contributed by atoms with Crippen molar-refractivity contribution >= 4 is 0 Å². The third kappa shape index (κ3) is 17.4. The van der Waals surface area contributed by atoms with Crippen molar-refractivity contribution in [1.29, 1.82) is 0 Å². The zero-order chi connectivity index (χ0) is 14.8. The fourth-order valence-electron chi connectivity index (χ4n) is 1.57. The van der Waals surface area contributed by atoms with Crippen LogP contribution in [0.25, 0.3) is 0 Å². The van der Waals surface area contributed by atoms with Crippen molar-refractivity contribution in [2.45, 2.75) is 34.1 Å². The monoisotopic (exact) mass is 270 g/mol. The second-order valence-electron chi connectivity index (χ2n) is 3.92. The van der Waals surface area contributed by atoms with Gasteiger partial charge in [-0.1, -0.05) is 45.6 Å². The molecule has 0 atom stereocenters. The summed E-state index contributed by atoms with van der Waals surface area (Å²) in [6.07, 6.45) is 6.83. The molecule has 1 heterocycles. The average Bonchev–Trinajstić information content (AvgIpc) is 2.48. The smallest absolute Gasteiger partial charge is 0.0594 e. The van der Waals surface area contributed by atoms with Gasteiger partial charge in [-0.15, -0.1) is 0 Å². The topological polar surface area (TPSA) is 24.5 Å². The number of hydrogen-bond donors (Lipinski definition) is 1. The molecular formula is C16H34N2O. The van der Waals surface area contributed by atoms with Gasteiger partial charge in [0.15, 0.2) is 0 Å². The summed E-state index contributed by atoms with van der Waals surface area (Å²) >= 11 is 0. The maximum absolute atomic E-state index is 5.27. The molecule has 19 heavy (non-hydrogen) atoms. The molecule has 0 aliphatic carbocycles. The molecule has 0 aromatic heterocycles. The van der Waals surface area contributed by atoms with Gasteiger partial charge in [-0.05, 0) is 33.0 Å². The van der Waals surface area contributed by atoms with E-state index < -0.39 is 0 Å². The predicted molar refractivity (Wildman–Crippen MR) is 86.8 cm³/mol. The minimum absolute atomic E-state index is 0.918. The number of allylic oxidation sites excluding steroid dienone is 3. The van der Waals surface area contributed by atoms with E-state index in [0.717, 1.165) is 39.4 Å². The highest BCUT2D eigenvalue weighted by Gasteiger charge is 2.08. The van der Waals surface area contributed by atoms with Crippen molar-refractivity contribution in [2.75, 3.05) is 45.9 Å². The molecule has 1 rings (SSSR count). The van der Waals surface area contributed by atoms with E-state index in [-0.39, 0.29) is 0 Å². The van der Waals surface area contributed by atoms with Crippen LogP contribution in [0.5, 0.6) is 0 Å². The molecule has 3 heteroatoms. The van der Waals surface area contributed by atoms with Gasteiger partial charge < -0.3 is 10.1 Å². The zero-order valence-corrected chi connectivity index (χ0v) is 13.5. The Balaban J connectivity index is 0. The maximum Gasteiger partial charge on any atom is 0.0594 e. The van der Waals surface area contributed by atoms with Gasteiger partial charge >= 0.3 is 0 Å². The summed E-state index contributed by atoms with van der Waals surface area (Å²) in [6, 6.07) is 0. The van der Waals surface area contributed by atoms with Gasteiger partial charge in [-0.2, -0.15) is 0 Å². The molecule has 0 saturated carbocycles. The van der Waals surface area contributed by atoms with Gasteiger partial charge in [0, 0.05) is 13.1 Å². The summed E-state index contributed by atoms with van der Waals surface area (Å²) in [5.41, 5.74) is 0. The first-order chi connectivity index (χ1) is 9.35. The van der Waals surface area contributed by atoms with Gasteiger partial charge in [0.1, 0.15) is 0 Å². The number of morpholine rings is 1. The molecule has 3 nitrogen and oxygen atoms in total. The largest absolute Gasteiger partial charge is 0.379 e. The normalized spacial score (nSPS) is 15.2. The van der Waals surface area contributed by atoms with E-state index in [4.69, 9.17) is 4.74 Å². The van der Waals surface area contributed by atoms with Crippen LogP contribution in [0.4, 0.5) is 0 Å². The van der Waals surface area contributed by atoms with E-state index in [1.54, 1.807) is 6.08 Å². The lowest BCUT2D eigenvalue weighted by atomic mass is 10.3. The molecule has 0 amide bonds. The second-order valence-corrected chi connectivity index (χ2v) is 3.92. The molecule has 114 valence electrons. The Morgan fingerprint density at radius 2 is 1.89 bits per heavy atom. The van der Waals surface area contributed by atoms with Gasteiger partial charge in [0.05, 0.1) is 13.2 Å². The maximum atomic E-state index is 5.27. The summed E-state index contributed by atoms with van der Waals surface area (Å²) < 4.78 is 5.27. The third-order valence-electron chi connectivity index (χ3n) is 2.51. The van der Waals surface area contributed by atoms with Crippen LogP contribution in [-0.2, 0) is 4.74 Å². The van der Waals surface area contributed by atoms with Gasteiger partial charge in [0.2, 0.25) is 0 Å². The van der Waals surface area contributed by atoms with E-state index in [0.29, 0.717) is 0 Å². The number of ether oxygens (including phenoxy) is 1.